The van der Waals surface area contributed by atoms with Gasteiger partial charge in [0.15, 0.2) is 11.6 Å². The molecular formula is C30H34F3Si. The number of rotatable bonds is 9. The van der Waals surface area contributed by atoms with Crippen molar-refractivity contribution in [3.05, 3.63) is 94.8 Å². The second kappa shape index (κ2) is 11.9. The van der Waals surface area contributed by atoms with Gasteiger partial charge in [-0.15, -0.1) is 0 Å². The first-order valence-corrected chi connectivity index (χ1v) is 14.8. The third kappa shape index (κ3) is 6.41. The highest BCUT2D eigenvalue weighted by atomic mass is 28.3. The molecular weight excluding hydrogens is 445 g/mol. The van der Waals surface area contributed by atoms with Crippen molar-refractivity contribution in [1.29, 1.82) is 0 Å². The van der Waals surface area contributed by atoms with Crippen LogP contribution in [-0.4, -0.2) is 8.80 Å². The highest BCUT2D eigenvalue weighted by Crippen LogP contribution is 2.37. The zero-order valence-electron chi connectivity index (χ0n) is 20.1. The van der Waals surface area contributed by atoms with Gasteiger partial charge >= 0.3 is 0 Å². The largest absolute Gasteiger partial charge is 0.206 e. The molecule has 1 saturated heterocycles. The molecule has 1 fully saturated rings. The topological polar surface area (TPSA) is 0 Å². The summed E-state index contributed by atoms with van der Waals surface area (Å²) in [5, 5.41) is 0. The zero-order valence-corrected chi connectivity index (χ0v) is 21.1. The van der Waals surface area contributed by atoms with Crippen molar-refractivity contribution in [1.82, 2.24) is 0 Å². The number of hydrogen-bond acceptors (Lipinski definition) is 0. The Morgan fingerprint density at radius 1 is 0.735 bits per heavy atom. The molecule has 0 aromatic heterocycles. The average Bonchev–Trinajstić information content (AvgIpc) is 2.86. The van der Waals surface area contributed by atoms with Crippen LogP contribution < -0.4 is 0 Å². The molecule has 0 saturated carbocycles. The Bertz CT molecular complexity index is 1070. The van der Waals surface area contributed by atoms with Crippen molar-refractivity contribution in [3.8, 4) is 11.1 Å². The molecule has 3 aromatic rings. The van der Waals surface area contributed by atoms with Crippen LogP contribution in [0.1, 0.15) is 61.6 Å². The summed E-state index contributed by atoms with van der Waals surface area (Å²) < 4.78 is 41.5. The molecule has 1 radical (unpaired) electrons. The summed E-state index contributed by atoms with van der Waals surface area (Å²) in [7, 11) is -0.180. The number of unbranched alkanes of at least 4 members (excludes halogenated alkanes) is 2. The van der Waals surface area contributed by atoms with Crippen LogP contribution in [0.2, 0.25) is 18.1 Å². The fourth-order valence-electron chi connectivity index (χ4n) is 5.09. The molecule has 4 rings (SSSR count). The van der Waals surface area contributed by atoms with Gasteiger partial charge in [-0.3, -0.25) is 0 Å². The van der Waals surface area contributed by atoms with E-state index in [9.17, 15) is 8.78 Å². The van der Waals surface area contributed by atoms with Gasteiger partial charge in [-0.05, 0) is 72.1 Å². The van der Waals surface area contributed by atoms with Crippen LogP contribution >= 0.6 is 0 Å². The molecule has 0 aliphatic carbocycles. The van der Waals surface area contributed by atoms with Gasteiger partial charge in [-0.25, -0.2) is 13.2 Å². The molecule has 4 heteroatoms. The highest BCUT2D eigenvalue weighted by molar-refractivity contribution is 6.59. The molecule has 0 bridgehead atoms. The first-order valence-electron chi connectivity index (χ1n) is 12.7. The Morgan fingerprint density at radius 2 is 1.44 bits per heavy atom. The molecule has 1 aliphatic heterocycles. The third-order valence-electron chi connectivity index (χ3n) is 7.24. The molecule has 34 heavy (non-hydrogen) atoms. The number of benzene rings is 3. The van der Waals surface area contributed by atoms with E-state index in [1.54, 1.807) is 12.1 Å². The van der Waals surface area contributed by atoms with E-state index in [0.717, 1.165) is 28.7 Å². The minimum Gasteiger partial charge on any atom is -0.206 e. The Balaban J connectivity index is 1.34. The third-order valence-corrected chi connectivity index (χ3v) is 10.3. The summed E-state index contributed by atoms with van der Waals surface area (Å²) in [5.74, 6) is -1.28. The Hall–Kier alpha value is -2.33. The molecule has 0 unspecified atom stereocenters. The standard InChI is InChI=1S/C30H34F3Si/c1-2-3-4-17-34-18-15-24(16-19-34)26-12-13-27(29(32)21-26)25-10-7-22(8-11-25)5-6-23-9-14-28(31)30(33)20-23/h7-14,20-21,24H,2-6,15-19H2,1H3. The summed E-state index contributed by atoms with van der Waals surface area (Å²) in [4.78, 5) is 0. The summed E-state index contributed by atoms with van der Waals surface area (Å²) in [6.07, 6.45) is 7.82. The van der Waals surface area contributed by atoms with Gasteiger partial charge in [0.05, 0.1) is 0 Å². The van der Waals surface area contributed by atoms with Crippen LogP contribution in [0, 0.1) is 17.5 Å². The minimum absolute atomic E-state index is 0.147. The average molecular weight is 480 g/mol. The molecule has 0 spiro atoms. The van der Waals surface area contributed by atoms with Crippen molar-refractivity contribution in [2.24, 2.45) is 0 Å². The van der Waals surface area contributed by atoms with E-state index in [4.69, 9.17) is 0 Å². The van der Waals surface area contributed by atoms with Gasteiger partial charge in [0.2, 0.25) is 0 Å². The lowest BCUT2D eigenvalue weighted by Crippen LogP contribution is -2.20. The first-order chi connectivity index (χ1) is 16.5. The maximum Gasteiger partial charge on any atom is 0.159 e. The van der Waals surface area contributed by atoms with E-state index in [-0.39, 0.29) is 14.6 Å². The van der Waals surface area contributed by atoms with Crippen molar-refractivity contribution >= 4 is 8.80 Å². The number of aryl methyl sites for hydroxylation is 2. The van der Waals surface area contributed by atoms with Crippen molar-refractivity contribution in [2.75, 3.05) is 0 Å². The lowest BCUT2D eigenvalue weighted by atomic mass is 9.91. The second-order valence-corrected chi connectivity index (χ2v) is 12.7. The SMILES string of the molecule is CCCCC[Si]1CCC(c2ccc(-c3ccc(CCc4ccc(F)c(F)c4)cc3)c(F)c2)CC1. The maximum atomic E-state index is 15.1. The molecule has 1 heterocycles. The summed E-state index contributed by atoms with van der Waals surface area (Å²) in [6, 6.07) is 21.9. The Labute approximate surface area is 203 Å². The van der Waals surface area contributed by atoms with Gasteiger partial charge < -0.3 is 0 Å². The molecule has 0 amide bonds. The van der Waals surface area contributed by atoms with Gasteiger partial charge in [0.1, 0.15) is 5.82 Å². The Kier molecular flexibility index (Phi) is 8.66. The van der Waals surface area contributed by atoms with Crippen molar-refractivity contribution in [2.45, 2.75) is 75.9 Å². The Morgan fingerprint density at radius 3 is 2.12 bits per heavy atom. The summed E-state index contributed by atoms with van der Waals surface area (Å²) >= 11 is 0. The summed E-state index contributed by atoms with van der Waals surface area (Å²) in [6.45, 7) is 2.26. The van der Waals surface area contributed by atoms with Crippen LogP contribution in [0.5, 0.6) is 0 Å². The van der Waals surface area contributed by atoms with E-state index in [2.05, 4.69) is 13.0 Å². The molecule has 1 aliphatic rings. The molecule has 3 aromatic carbocycles. The fourth-order valence-corrected chi connectivity index (χ4v) is 8.10. The van der Waals surface area contributed by atoms with Gasteiger partial charge in [0.25, 0.3) is 0 Å². The predicted octanol–water partition coefficient (Wildman–Crippen LogP) is 9.12. The number of hydrogen-bond donors (Lipinski definition) is 0. The first kappa shape index (κ1) is 24.8. The fraction of sp³-hybridized carbons (Fsp3) is 0.400. The molecule has 0 nitrogen and oxygen atoms in total. The van der Waals surface area contributed by atoms with Crippen molar-refractivity contribution < 1.29 is 13.2 Å². The van der Waals surface area contributed by atoms with E-state index >= 15 is 4.39 Å². The molecule has 179 valence electrons. The monoisotopic (exact) mass is 479 g/mol. The van der Waals surface area contributed by atoms with Crippen LogP contribution in [0.3, 0.4) is 0 Å². The smallest absolute Gasteiger partial charge is 0.159 e. The van der Waals surface area contributed by atoms with E-state index < -0.39 is 11.6 Å². The van der Waals surface area contributed by atoms with Gasteiger partial charge in [-0.2, -0.15) is 0 Å². The minimum atomic E-state index is -0.822. The number of halogens is 3. The lowest BCUT2D eigenvalue weighted by Gasteiger charge is -2.28. The van der Waals surface area contributed by atoms with Gasteiger partial charge in [0, 0.05) is 14.4 Å². The van der Waals surface area contributed by atoms with E-state index in [0.29, 0.717) is 17.9 Å². The maximum absolute atomic E-state index is 15.1. The quantitative estimate of drug-likeness (QED) is 0.212. The van der Waals surface area contributed by atoms with Crippen molar-refractivity contribution in [3.63, 3.8) is 0 Å². The predicted molar refractivity (Wildman–Crippen MR) is 137 cm³/mol. The second-order valence-electron chi connectivity index (χ2n) is 9.67. The summed E-state index contributed by atoms with van der Waals surface area (Å²) in [5.41, 5.74) is 4.51. The van der Waals surface area contributed by atoms with Crippen LogP contribution in [0.25, 0.3) is 11.1 Å². The normalized spacial score (nSPS) is 15.1. The highest BCUT2D eigenvalue weighted by Gasteiger charge is 2.24. The van der Waals surface area contributed by atoms with Crippen LogP contribution in [-0.2, 0) is 12.8 Å². The zero-order chi connectivity index (χ0) is 23.9. The molecule has 0 atom stereocenters. The molecule has 0 N–H and O–H groups in total. The van der Waals surface area contributed by atoms with Crippen LogP contribution in [0.15, 0.2) is 60.7 Å². The van der Waals surface area contributed by atoms with Crippen LogP contribution in [0.4, 0.5) is 13.2 Å². The van der Waals surface area contributed by atoms with Gasteiger partial charge in [-0.1, -0.05) is 86.8 Å². The van der Waals surface area contributed by atoms with E-state index in [1.807, 2.05) is 30.3 Å². The lowest BCUT2D eigenvalue weighted by molar-refractivity contribution is 0.507. The van der Waals surface area contributed by atoms with E-state index in [1.165, 1.54) is 62.4 Å².